The quantitative estimate of drug-likeness (QED) is 0.643. The molecule has 2 heterocycles. The van der Waals surface area contributed by atoms with Crippen molar-refractivity contribution in [2.24, 2.45) is 0 Å². The van der Waals surface area contributed by atoms with Gasteiger partial charge >= 0.3 is 5.97 Å². The number of aromatic amines is 1. The first-order valence-electron chi connectivity index (χ1n) is 10.3. The highest BCUT2D eigenvalue weighted by atomic mass is 32.2. The third-order valence-corrected chi connectivity index (χ3v) is 7.32. The number of ether oxygens (including phenoxy) is 2. The van der Waals surface area contributed by atoms with Gasteiger partial charge in [-0.15, -0.1) is 0 Å². The molecule has 7 nitrogen and oxygen atoms in total. The van der Waals surface area contributed by atoms with E-state index in [-0.39, 0.29) is 30.7 Å². The second-order valence-corrected chi connectivity index (χ2v) is 9.63. The number of nitrogens with zero attached hydrogens (tertiary/aromatic N) is 1. The van der Waals surface area contributed by atoms with E-state index in [1.165, 1.54) is 4.31 Å². The first kappa shape index (κ1) is 22.5. The Hall–Kier alpha value is -2.16. The number of esters is 1. The van der Waals surface area contributed by atoms with Crippen LogP contribution < -0.4 is 0 Å². The molecule has 0 amide bonds. The number of hydrogen-bond donors (Lipinski definition) is 1. The normalized spacial score (nSPS) is 16.9. The number of carbonyl (C=O) groups excluding carboxylic acids is 1. The van der Waals surface area contributed by atoms with Gasteiger partial charge in [0, 0.05) is 25.4 Å². The Morgan fingerprint density at radius 1 is 1.23 bits per heavy atom. The van der Waals surface area contributed by atoms with E-state index in [0.29, 0.717) is 17.9 Å². The van der Waals surface area contributed by atoms with Gasteiger partial charge in [0.15, 0.2) is 0 Å². The summed E-state index contributed by atoms with van der Waals surface area (Å²) in [6.45, 7) is 8.68. The monoisotopic (exact) mass is 434 g/mol. The molecule has 0 radical (unpaired) electrons. The fraction of sp³-hybridized carbons (Fsp3) is 0.500. The Morgan fingerprint density at radius 2 is 1.93 bits per heavy atom. The second-order valence-electron chi connectivity index (χ2n) is 7.69. The summed E-state index contributed by atoms with van der Waals surface area (Å²) in [5.41, 5.74) is 3.62. The SMILES string of the molecule is CCOC(=O)c1[nH]c(C)c(CN(CC2CCCO2)S(=O)(=O)c2ccc(C)cc2)c1C. The van der Waals surface area contributed by atoms with Gasteiger partial charge in [0.2, 0.25) is 10.0 Å². The van der Waals surface area contributed by atoms with Crippen LogP contribution in [0.1, 0.15) is 52.6 Å². The highest BCUT2D eigenvalue weighted by Crippen LogP contribution is 2.26. The maximum atomic E-state index is 13.5. The average molecular weight is 435 g/mol. The predicted octanol–water partition coefficient (Wildman–Crippen LogP) is 3.49. The van der Waals surface area contributed by atoms with Crippen LogP contribution in [0.15, 0.2) is 29.2 Å². The van der Waals surface area contributed by atoms with Gasteiger partial charge in [-0.25, -0.2) is 13.2 Å². The van der Waals surface area contributed by atoms with Gasteiger partial charge in [0.25, 0.3) is 0 Å². The molecule has 30 heavy (non-hydrogen) atoms. The minimum absolute atomic E-state index is 0.130. The molecule has 1 fully saturated rings. The van der Waals surface area contributed by atoms with Crippen molar-refractivity contribution in [3.05, 3.63) is 52.3 Å². The number of carbonyl (C=O) groups is 1. The van der Waals surface area contributed by atoms with E-state index in [4.69, 9.17) is 9.47 Å². The van der Waals surface area contributed by atoms with Gasteiger partial charge in [-0.2, -0.15) is 4.31 Å². The highest BCUT2D eigenvalue weighted by molar-refractivity contribution is 7.89. The summed E-state index contributed by atoms with van der Waals surface area (Å²) >= 11 is 0. The maximum Gasteiger partial charge on any atom is 0.355 e. The van der Waals surface area contributed by atoms with Crippen molar-refractivity contribution in [1.82, 2.24) is 9.29 Å². The molecular weight excluding hydrogens is 404 g/mol. The number of benzene rings is 1. The Morgan fingerprint density at radius 3 is 2.53 bits per heavy atom. The Balaban J connectivity index is 1.95. The van der Waals surface area contributed by atoms with Crippen molar-refractivity contribution in [2.75, 3.05) is 19.8 Å². The Bertz CT molecular complexity index is 989. The van der Waals surface area contributed by atoms with Gasteiger partial charge in [0.05, 0.1) is 17.6 Å². The number of rotatable bonds is 8. The molecule has 1 aromatic carbocycles. The summed E-state index contributed by atoms with van der Waals surface area (Å²) in [5, 5.41) is 0. The van der Waals surface area contributed by atoms with Crippen molar-refractivity contribution in [3.8, 4) is 0 Å². The van der Waals surface area contributed by atoms with Crippen molar-refractivity contribution in [1.29, 1.82) is 0 Å². The van der Waals surface area contributed by atoms with Gasteiger partial charge in [-0.1, -0.05) is 17.7 Å². The van der Waals surface area contributed by atoms with E-state index in [0.717, 1.165) is 29.7 Å². The lowest BCUT2D eigenvalue weighted by Gasteiger charge is -2.25. The van der Waals surface area contributed by atoms with Crippen LogP contribution in [-0.4, -0.2) is 49.5 Å². The lowest BCUT2D eigenvalue weighted by atomic mass is 10.1. The molecule has 1 aromatic heterocycles. The molecule has 1 aliphatic heterocycles. The van der Waals surface area contributed by atoms with Crippen LogP contribution in [0.3, 0.4) is 0 Å². The van der Waals surface area contributed by atoms with E-state index < -0.39 is 16.0 Å². The molecule has 0 aliphatic carbocycles. The lowest BCUT2D eigenvalue weighted by molar-refractivity contribution is 0.0519. The molecule has 2 aromatic rings. The van der Waals surface area contributed by atoms with Gasteiger partial charge in [0.1, 0.15) is 5.69 Å². The summed E-state index contributed by atoms with van der Waals surface area (Å²) in [6, 6.07) is 6.85. The zero-order valence-corrected chi connectivity index (χ0v) is 18.8. The van der Waals surface area contributed by atoms with Crippen LogP contribution in [0.4, 0.5) is 0 Å². The Kier molecular flexibility index (Phi) is 7.00. The van der Waals surface area contributed by atoms with Crippen LogP contribution in [0.25, 0.3) is 0 Å². The van der Waals surface area contributed by atoms with Gasteiger partial charge in [-0.05, 0) is 63.8 Å². The van der Waals surface area contributed by atoms with E-state index in [9.17, 15) is 13.2 Å². The smallest absolute Gasteiger partial charge is 0.355 e. The standard InChI is InChI=1S/C22H30N2O5S/c1-5-28-22(25)21-16(3)20(17(4)23-21)14-24(13-18-7-6-12-29-18)30(26,27)19-10-8-15(2)9-11-19/h8-11,18,23H,5-7,12-14H2,1-4H3. The zero-order valence-electron chi connectivity index (χ0n) is 18.0. The van der Waals surface area contributed by atoms with Crippen molar-refractivity contribution in [3.63, 3.8) is 0 Å². The number of aromatic nitrogens is 1. The molecule has 0 spiro atoms. The van der Waals surface area contributed by atoms with Crippen LogP contribution in [-0.2, 0) is 26.0 Å². The largest absolute Gasteiger partial charge is 0.461 e. The summed E-state index contributed by atoms with van der Waals surface area (Å²) in [4.78, 5) is 15.6. The molecular formula is C22H30N2O5S. The fourth-order valence-electron chi connectivity index (χ4n) is 3.73. The third kappa shape index (κ3) is 4.77. The zero-order chi connectivity index (χ0) is 21.9. The maximum absolute atomic E-state index is 13.5. The van der Waals surface area contributed by atoms with E-state index in [1.54, 1.807) is 31.2 Å². The molecule has 3 rings (SSSR count). The number of nitrogens with one attached hydrogen (secondary N) is 1. The van der Waals surface area contributed by atoms with Crippen LogP contribution in [0.5, 0.6) is 0 Å². The van der Waals surface area contributed by atoms with Crippen molar-refractivity contribution >= 4 is 16.0 Å². The Labute approximate surface area is 178 Å². The van der Waals surface area contributed by atoms with Gasteiger partial charge < -0.3 is 14.5 Å². The molecule has 0 saturated carbocycles. The lowest BCUT2D eigenvalue weighted by Crippen LogP contribution is -2.37. The van der Waals surface area contributed by atoms with Crippen LogP contribution in [0.2, 0.25) is 0 Å². The molecule has 8 heteroatoms. The summed E-state index contributed by atoms with van der Waals surface area (Å²) in [5.74, 6) is -0.434. The molecule has 0 bridgehead atoms. The number of aryl methyl sites for hydroxylation is 2. The fourth-order valence-corrected chi connectivity index (χ4v) is 5.17. The topological polar surface area (TPSA) is 88.7 Å². The van der Waals surface area contributed by atoms with E-state index >= 15 is 0 Å². The molecule has 1 saturated heterocycles. The third-order valence-electron chi connectivity index (χ3n) is 5.50. The average Bonchev–Trinajstić information content (AvgIpc) is 3.31. The minimum Gasteiger partial charge on any atom is -0.461 e. The number of H-pyrrole nitrogens is 1. The number of sulfonamides is 1. The van der Waals surface area contributed by atoms with E-state index in [2.05, 4.69) is 4.98 Å². The van der Waals surface area contributed by atoms with Crippen molar-refractivity contribution < 1.29 is 22.7 Å². The van der Waals surface area contributed by atoms with E-state index in [1.807, 2.05) is 20.8 Å². The molecule has 164 valence electrons. The summed E-state index contributed by atoms with van der Waals surface area (Å²) in [7, 11) is -3.73. The van der Waals surface area contributed by atoms with Gasteiger partial charge in [-0.3, -0.25) is 0 Å². The minimum atomic E-state index is -3.73. The summed E-state index contributed by atoms with van der Waals surface area (Å²) in [6.07, 6.45) is 1.63. The molecule has 1 aliphatic rings. The van der Waals surface area contributed by atoms with Crippen LogP contribution in [0, 0.1) is 20.8 Å². The highest BCUT2D eigenvalue weighted by Gasteiger charge is 2.31. The van der Waals surface area contributed by atoms with Crippen molar-refractivity contribution in [2.45, 2.75) is 58.1 Å². The first-order chi connectivity index (χ1) is 14.2. The van der Waals surface area contributed by atoms with Crippen LogP contribution >= 0.6 is 0 Å². The predicted molar refractivity (Wildman–Crippen MR) is 114 cm³/mol. The number of hydrogen-bond acceptors (Lipinski definition) is 5. The molecule has 1 unspecified atom stereocenters. The molecule has 1 atom stereocenters. The molecule has 1 N–H and O–H groups in total. The second kappa shape index (κ2) is 9.32. The first-order valence-corrected chi connectivity index (χ1v) is 11.7. The summed E-state index contributed by atoms with van der Waals surface area (Å²) < 4.78 is 39.2.